The van der Waals surface area contributed by atoms with Crippen LogP contribution in [-0.4, -0.2) is 14.2 Å². The van der Waals surface area contributed by atoms with Crippen molar-refractivity contribution in [3.8, 4) is 17.6 Å². The van der Waals surface area contributed by atoms with Gasteiger partial charge in [-0.25, -0.2) is 0 Å². The minimum atomic E-state index is 0.114. The first-order valence-corrected chi connectivity index (χ1v) is 7.48. The Balaban J connectivity index is 2.08. The van der Waals surface area contributed by atoms with E-state index >= 15 is 0 Å². The van der Waals surface area contributed by atoms with Gasteiger partial charge in [-0.3, -0.25) is 0 Å². The summed E-state index contributed by atoms with van der Waals surface area (Å²) >= 11 is 1.59. The zero-order valence-corrected chi connectivity index (χ0v) is 13.2. The zero-order valence-electron chi connectivity index (χ0n) is 12.3. The lowest BCUT2D eigenvalue weighted by molar-refractivity contribution is 0.391. The first kappa shape index (κ1) is 15.4. The van der Waals surface area contributed by atoms with Gasteiger partial charge in [0.2, 0.25) is 0 Å². The van der Waals surface area contributed by atoms with Gasteiger partial charge >= 0.3 is 0 Å². The molecule has 0 spiro atoms. The molecule has 0 radical (unpaired) electrons. The monoisotopic (exact) mass is 302 g/mol. The van der Waals surface area contributed by atoms with Gasteiger partial charge in [0.1, 0.15) is 17.6 Å². The fraction of sp³-hybridized carbons (Fsp3) is 0.312. The Bertz CT molecular complexity index is 646. The van der Waals surface area contributed by atoms with Crippen LogP contribution in [0.15, 0.2) is 29.6 Å². The van der Waals surface area contributed by atoms with Crippen LogP contribution >= 0.6 is 11.3 Å². The summed E-state index contributed by atoms with van der Waals surface area (Å²) in [6, 6.07) is 9.94. The van der Waals surface area contributed by atoms with E-state index in [1.807, 2.05) is 29.6 Å². The van der Waals surface area contributed by atoms with Crippen molar-refractivity contribution < 1.29 is 9.47 Å². The molecule has 110 valence electrons. The molecule has 1 N–H and O–H groups in total. The Labute approximate surface area is 128 Å². The van der Waals surface area contributed by atoms with E-state index in [1.165, 1.54) is 0 Å². The van der Waals surface area contributed by atoms with Gasteiger partial charge in [-0.15, -0.1) is 11.3 Å². The fourth-order valence-electron chi connectivity index (χ4n) is 2.07. The molecule has 2 aromatic rings. The molecule has 1 aromatic carbocycles. The van der Waals surface area contributed by atoms with Crippen LogP contribution in [0.1, 0.15) is 29.0 Å². The normalized spacial score (nSPS) is 11.7. The minimum absolute atomic E-state index is 0.114. The molecule has 0 saturated carbocycles. The Morgan fingerprint density at radius 2 is 2.10 bits per heavy atom. The van der Waals surface area contributed by atoms with Gasteiger partial charge in [0.25, 0.3) is 0 Å². The van der Waals surface area contributed by atoms with Gasteiger partial charge in [-0.2, -0.15) is 5.26 Å². The van der Waals surface area contributed by atoms with Gasteiger partial charge in [0, 0.05) is 28.4 Å². The van der Waals surface area contributed by atoms with Crippen molar-refractivity contribution in [3.63, 3.8) is 0 Å². The van der Waals surface area contributed by atoms with Gasteiger partial charge in [0.15, 0.2) is 0 Å². The topological polar surface area (TPSA) is 54.3 Å². The van der Waals surface area contributed by atoms with Crippen molar-refractivity contribution in [2.45, 2.75) is 19.5 Å². The predicted molar refractivity (Wildman–Crippen MR) is 83.8 cm³/mol. The summed E-state index contributed by atoms with van der Waals surface area (Å²) in [5, 5.41) is 14.2. The Kier molecular flexibility index (Phi) is 5.20. The van der Waals surface area contributed by atoms with Crippen molar-refractivity contribution in [2.24, 2.45) is 0 Å². The number of thiophene rings is 1. The fourth-order valence-corrected chi connectivity index (χ4v) is 2.83. The van der Waals surface area contributed by atoms with E-state index in [2.05, 4.69) is 18.3 Å². The zero-order chi connectivity index (χ0) is 15.2. The van der Waals surface area contributed by atoms with Gasteiger partial charge < -0.3 is 14.8 Å². The van der Waals surface area contributed by atoms with Crippen LogP contribution in [-0.2, 0) is 6.54 Å². The highest BCUT2D eigenvalue weighted by Crippen LogP contribution is 2.29. The number of hydrogen-bond acceptors (Lipinski definition) is 5. The number of hydrogen-bond donors (Lipinski definition) is 1. The van der Waals surface area contributed by atoms with Crippen LogP contribution in [0.25, 0.3) is 0 Å². The van der Waals surface area contributed by atoms with Gasteiger partial charge in [0.05, 0.1) is 19.8 Å². The first-order valence-electron chi connectivity index (χ1n) is 6.60. The maximum absolute atomic E-state index is 8.84. The quantitative estimate of drug-likeness (QED) is 0.887. The number of ether oxygens (including phenoxy) is 2. The van der Waals surface area contributed by atoms with Gasteiger partial charge in [-0.05, 0) is 31.2 Å². The van der Waals surface area contributed by atoms with Crippen LogP contribution in [0.3, 0.4) is 0 Å². The summed E-state index contributed by atoms with van der Waals surface area (Å²) in [7, 11) is 3.31. The minimum Gasteiger partial charge on any atom is -0.497 e. The van der Waals surface area contributed by atoms with Crippen LogP contribution in [0.5, 0.6) is 11.5 Å². The molecule has 5 heteroatoms. The number of benzene rings is 1. The molecule has 1 unspecified atom stereocenters. The molecule has 1 aromatic heterocycles. The number of nitrogens with one attached hydrogen (secondary N) is 1. The third kappa shape index (κ3) is 3.75. The largest absolute Gasteiger partial charge is 0.497 e. The third-order valence-corrected chi connectivity index (χ3v) is 4.21. The molecule has 0 aliphatic carbocycles. The average molecular weight is 302 g/mol. The van der Waals surface area contributed by atoms with E-state index in [0.717, 1.165) is 21.9 Å². The van der Waals surface area contributed by atoms with Crippen molar-refractivity contribution in [2.75, 3.05) is 14.2 Å². The standard InChI is InChI=1S/C16H18N2O2S/c1-11(18-9-14-6-12(8-17)10-21-14)15-7-13(19-2)4-5-16(15)20-3/h4-7,10-11,18H,9H2,1-3H3. The van der Waals surface area contributed by atoms with E-state index in [-0.39, 0.29) is 6.04 Å². The Morgan fingerprint density at radius 3 is 2.71 bits per heavy atom. The van der Waals surface area contributed by atoms with E-state index < -0.39 is 0 Å². The lowest BCUT2D eigenvalue weighted by Gasteiger charge is -2.18. The van der Waals surface area contributed by atoms with E-state index in [9.17, 15) is 0 Å². The molecule has 0 aliphatic rings. The second-order valence-corrected chi connectivity index (χ2v) is 5.62. The third-order valence-electron chi connectivity index (χ3n) is 3.27. The maximum atomic E-state index is 8.84. The predicted octanol–water partition coefficient (Wildman–Crippen LogP) is 3.49. The summed E-state index contributed by atoms with van der Waals surface area (Å²) in [5.41, 5.74) is 1.76. The van der Waals surface area contributed by atoms with Crippen LogP contribution in [0.4, 0.5) is 0 Å². The van der Waals surface area contributed by atoms with Crippen molar-refractivity contribution in [1.82, 2.24) is 5.32 Å². The molecular weight excluding hydrogens is 284 g/mol. The van der Waals surface area contributed by atoms with Crippen LogP contribution in [0.2, 0.25) is 0 Å². The van der Waals surface area contributed by atoms with Crippen LogP contribution < -0.4 is 14.8 Å². The molecule has 0 bridgehead atoms. The number of nitrogens with zero attached hydrogens (tertiary/aromatic N) is 1. The summed E-state index contributed by atoms with van der Waals surface area (Å²) in [4.78, 5) is 1.14. The second kappa shape index (κ2) is 7.11. The Hall–Kier alpha value is -2.03. The highest BCUT2D eigenvalue weighted by atomic mass is 32.1. The van der Waals surface area contributed by atoms with Crippen molar-refractivity contribution in [1.29, 1.82) is 5.26 Å². The first-order chi connectivity index (χ1) is 10.2. The smallest absolute Gasteiger partial charge is 0.123 e. The highest BCUT2D eigenvalue weighted by Gasteiger charge is 2.13. The molecule has 21 heavy (non-hydrogen) atoms. The van der Waals surface area contributed by atoms with Gasteiger partial charge in [-0.1, -0.05) is 0 Å². The second-order valence-electron chi connectivity index (χ2n) is 4.62. The molecule has 0 saturated heterocycles. The van der Waals surface area contributed by atoms with Crippen molar-refractivity contribution in [3.05, 3.63) is 45.6 Å². The average Bonchev–Trinajstić information content (AvgIpc) is 3.00. The molecule has 2 rings (SSSR count). The molecular formula is C16H18N2O2S. The summed E-state index contributed by atoms with van der Waals surface area (Å²) in [5.74, 6) is 1.64. The van der Waals surface area contributed by atoms with E-state index in [1.54, 1.807) is 25.6 Å². The van der Waals surface area contributed by atoms with Crippen molar-refractivity contribution >= 4 is 11.3 Å². The molecule has 1 heterocycles. The molecule has 0 fully saturated rings. The number of rotatable bonds is 6. The SMILES string of the molecule is COc1ccc(OC)c(C(C)NCc2cc(C#N)cs2)c1. The van der Waals surface area contributed by atoms with Crippen LogP contribution in [0, 0.1) is 11.3 Å². The summed E-state index contributed by atoms with van der Waals surface area (Å²) in [6.45, 7) is 2.80. The molecule has 0 amide bonds. The van der Waals surface area contributed by atoms with E-state index in [4.69, 9.17) is 14.7 Å². The molecule has 1 atom stereocenters. The molecule has 4 nitrogen and oxygen atoms in total. The summed E-state index contributed by atoms with van der Waals surface area (Å²) < 4.78 is 10.7. The molecule has 0 aliphatic heterocycles. The highest BCUT2D eigenvalue weighted by molar-refractivity contribution is 7.10. The number of methoxy groups -OCH3 is 2. The lowest BCUT2D eigenvalue weighted by atomic mass is 10.1. The number of nitriles is 1. The Morgan fingerprint density at radius 1 is 1.29 bits per heavy atom. The summed E-state index contributed by atoms with van der Waals surface area (Å²) in [6.07, 6.45) is 0. The maximum Gasteiger partial charge on any atom is 0.123 e. The lowest BCUT2D eigenvalue weighted by Crippen LogP contribution is -2.18. The van der Waals surface area contributed by atoms with E-state index in [0.29, 0.717) is 12.1 Å².